The number of nitrogens with one attached hydrogen (secondary N) is 2. The van der Waals surface area contributed by atoms with E-state index in [-0.39, 0.29) is 17.4 Å². The van der Waals surface area contributed by atoms with Crippen LogP contribution >= 0.6 is 11.6 Å². The molecule has 0 aliphatic heterocycles. The van der Waals surface area contributed by atoms with Gasteiger partial charge >= 0.3 is 0 Å². The number of carbonyl (C=O) groups excluding carboxylic acids is 2. The normalized spacial score (nSPS) is 14.1. The molecule has 2 N–H and O–H groups in total. The van der Waals surface area contributed by atoms with E-state index in [1.165, 1.54) is 0 Å². The molecular weight excluding hydrogens is 452 g/mol. The molecule has 0 bridgehead atoms. The summed E-state index contributed by atoms with van der Waals surface area (Å²) in [4.78, 5) is 30.0. The number of aryl methyl sites for hydroxylation is 1. The van der Waals surface area contributed by atoms with Crippen molar-refractivity contribution >= 4 is 45.7 Å². The number of nitrogens with zero attached hydrogens (tertiary/aromatic N) is 2. The average molecular weight is 473 g/mol. The van der Waals surface area contributed by atoms with Crippen LogP contribution in [0.15, 0.2) is 70.2 Å². The van der Waals surface area contributed by atoms with E-state index in [1.54, 1.807) is 30.3 Å². The van der Waals surface area contributed by atoms with Crippen molar-refractivity contribution < 1.29 is 14.0 Å². The van der Waals surface area contributed by atoms with Crippen LogP contribution in [-0.4, -0.2) is 22.5 Å². The van der Waals surface area contributed by atoms with E-state index < -0.39 is 5.91 Å². The van der Waals surface area contributed by atoms with Crippen molar-refractivity contribution in [2.24, 2.45) is 5.10 Å². The van der Waals surface area contributed by atoms with Gasteiger partial charge in [0.1, 0.15) is 11.5 Å². The molecule has 0 unspecified atom stereocenters. The lowest BCUT2D eigenvalue weighted by molar-refractivity contribution is 0.0949. The van der Waals surface area contributed by atoms with E-state index in [0.717, 1.165) is 22.9 Å². The SMILES string of the molecule is Cc1c(C(=O)Nc2ccccc2Cl)oc2c1/C(=N/NC(=O)c1ccc3ccccc3n1)CCC2. The molecule has 0 saturated carbocycles. The highest BCUT2D eigenvalue weighted by Crippen LogP contribution is 2.31. The topological polar surface area (TPSA) is 96.6 Å². The quantitative estimate of drug-likeness (QED) is 0.382. The zero-order valence-corrected chi connectivity index (χ0v) is 19.1. The van der Waals surface area contributed by atoms with Crippen molar-refractivity contribution in [3.05, 3.63) is 94.0 Å². The summed E-state index contributed by atoms with van der Waals surface area (Å²) < 4.78 is 5.92. The number of carbonyl (C=O) groups is 2. The number of hydrazone groups is 1. The number of hydrogen-bond donors (Lipinski definition) is 2. The number of para-hydroxylation sites is 2. The zero-order chi connectivity index (χ0) is 23.7. The van der Waals surface area contributed by atoms with Crippen LogP contribution in [0.1, 0.15) is 50.8 Å². The summed E-state index contributed by atoms with van der Waals surface area (Å²) in [7, 11) is 0. The van der Waals surface area contributed by atoms with Crippen molar-refractivity contribution in [2.75, 3.05) is 5.32 Å². The Kier molecular flexibility index (Phi) is 5.86. The second-order valence-electron chi connectivity index (χ2n) is 8.03. The Labute approximate surface area is 200 Å². The molecule has 4 aromatic rings. The number of anilines is 1. The number of pyridine rings is 1. The van der Waals surface area contributed by atoms with Gasteiger partial charge < -0.3 is 9.73 Å². The minimum Gasteiger partial charge on any atom is -0.455 e. The highest BCUT2D eigenvalue weighted by molar-refractivity contribution is 6.33. The summed E-state index contributed by atoms with van der Waals surface area (Å²) in [5, 5.41) is 8.57. The van der Waals surface area contributed by atoms with Crippen LogP contribution in [0.2, 0.25) is 5.02 Å². The fourth-order valence-electron chi connectivity index (χ4n) is 4.11. The maximum Gasteiger partial charge on any atom is 0.291 e. The predicted octanol–water partition coefficient (Wildman–Crippen LogP) is 5.51. The van der Waals surface area contributed by atoms with Gasteiger partial charge in [-0.15, -0.1) is 0 Å². The Morgan fingerprint density at radius 2 is 1.79 bits per heavy atom. The summed E-state index contributed by atoms with van der Waals surface area (Å²) in [6.45, 7) is 1.82. The Morgan fingerprint density at radius 1 is 1.00 bits per heavy atom. The zero-order valence-electron chi connectivity index (χ0n) is 18.4. The monoisotopic (exact) mass is 472 g/mol. The Morgan fingerprint density at radius 3 is 2.65 bits per heavy atom. The molecule has 0 spiro atoms. The lowest BCUT2D eigenvalue weighted by atomic mass is 9.93. The molecule has 2 amide bonds. The average Bonchev–Trinajstić information content (AvgIpc) is 3.20. The van der Waals surface area contributed by atoms with Crippen molar-refractivity contribution in [1.29, 1.82) is 0 Å². The first-order chi connectivity index (χ1) is 16.5. The van der Waals surface area contributed by atoms with E-state index in [2.05, 4.69) is 20.8 Å². The number of fused-ring (bicyclic) bond motifs is 2. The van der Waals surface area contributed by atoms with Crippen molar-refractivity contribution in [3.63, 3.8) is 0 Å². The summed E-state index contributed by atoms with van der Waals surface area (Å²) >= 11 is 6.16. The van der Waals surface area contributed by atoms with Gasteiger partial charge in [-0.2, -0.15) is 5.10 Å². The Balaban J connectivity index is 1.38. The van der Waals surface area contributed by atoms with Gasteiger partial charge in [0.05, 0.1) is 21.9 Å². The molecular formula is C26H21ClN4O3. The highest BCUT2D eigenvalue weighted by atomic mass is 35.5. The number of hydrogen-bond acceptors (Lipinski definition) is 5. The maximum atomic E-state index is 12.9. The highest BCUT2D eigenvalue weighted by Gasteiger charge is 2.28. The van der Waals surface area contributed by atoms with E-state index in [4.69, 9.17) is 16.0 Å². The van der Waals surface area contributed by atoms with Gasteiger partial charge in [-0.25, -0.2) is 10.4 Å². The third-order valence-electron chi connectivity index (χ3n) is 5.78. The lowest BCUT2D eigenvalue weighted by Crippen LogP contribution is -2.23. The molecule has 8 heteroatoms. The first-order valence-corrected chi connectivity index (χ1v) is 11.3. The number of furan rings is 1. The number of halogens is 1. The van der Waals surface area contributed by atoms with Gasteiger partial charge in [-0.1, -0.05) is 48.0 Å². The summed E-state index contributed by atoms with van der Waals surface area (Å²) in [6.07, 6.45) is 2.15. The van der Waals surface area contributed by atoms with Gasteiger partial charge in [0, 0.05) is 22.9 Å². The minimum atomic E-state index is -0.400. The Bertz CT molecular complexity index is 1460. The summed E-state index contributed by atoms with van der Waals surface area (Å²) in [6, 6.07) is 18.1. The van der Waals surface area contributed by atoms with E-state index in [1.807, 2.05) is 37.3 Å². The van der Waals surface area contributed by atoms with Gasteiger partial charge in [0.2, 0.25) is 0 Å². The molecule has 1 aliphatic carbocycles. The van der Waals surface area contributed by atoms with Crippen molar-refractivity contribution in [1.82, 2.24) is 10.4 Å². The fraction of sp³-hybridized carbons (Fsp3) is 0.154. The molecule has 1 aliphatic rings. The standard InChI is InChI=1S/C26H21ClN4O3/c1-15-23-20(30-31-25(32)21-14-13-16-7-2-4-9-18(16)28-21)11-6-12-22(23)34-24(15)26(33)29-19-10-5-3-8-17(19)27/h2-5,7-10,13-14H,6,11-12H2,1H3,(H,29,33)(H,31,32)/b30-20+. The lowest BCUT2D eigenvalue weighted by Gasteiger charge is -2.13. The number of aromatic nitrogens is 1. The fourth-order valence-corrected chi connectivity index (χ4v) is 4.29. The smallest absolute Gasteiger partial charge is 0.291 e. The van der Waals surface area contributed by atoms with Crippen LogP contribution in [0.4, 0.5) is 5.69 Å². The van der Waals surface area contributed by atoms with Crippen LogP contribution in [0.3, 0.4) is 0 Å². The third-order valence-corrected chi connectivity index (χ3v) is 6.11. The van der Waals surface area contributed by atoms with Gasteiger partial charge in [-0.05, 0) is 44.0 Å². The molecule has 0 atom stereocenters. The molecule has 170 valence electrons. The summed E-state index contributed by atoms with van der Waals surface area (Å²) in [5.41, 5.74) is 6.26. The van der Waals surface area contributed by atoms with Crippen LogP contribution in [0.5, 0.6) is 0 Å². The molecule has 0 saturated heterocycles. The van der Waals surface area contributed by atoms with Gasteiger partial charge in [0.15, 0.2) is 5.76 Å². The molecule has 0 radical (unpaired) electrons. The molecule has 34 heavy (non-hydrogen) atoms. The van der Waals surface area contributed by atoms with Crippen LogP contribution in [-0.2, 0) is 6.42 Å². The Hall–Kier alpha value is -3.97. The molecule has 2 aromatic carbocycles. The first-order valence-electron chi connectivity index (χ1n) is 10.9. The molecule has 5 rings (SSSR count). The van der Waals surface area contributed by atoms with Crippen LogP contribution < -0.4 is 10.7 Å². The third kappa shape index (κ3) is 4.18. The van der Waals surface area contributed by atoms with Crippen LogP contribution in [0.25, 0.3) is 10.9 Å². The molecule has 2 aromatic heterocycles. The van der Waals surface area contributed by atoms with Crippen molar-refractivity contribution in [2.45, 2.75) is 26.2 Å². The van der Waals surface area contributed by atoms with E-state index >= 15 is 0 Å². The van der Waals surface area contributed by atoms with Crippen LogP contribution in [0, 0.1) is 6.92 Å². The predicted molar refractivity (Wildman–Crippen MR) is 132 cm³/mol. The second-order valence-corrected chi connectivity index (χ2v) is 8.44. The molecule has 7 nitrogen and oxygen atoms in total. The first kappa shape index (κ1) is 21.9. The minimum absolute atomic E-state index is 0.210. The van der Waals surface area contributed by atoms with Gasteiger partial charge in [0.25, 0.3) is 11.8 Å². The van der Waals surface area contributed by atoms with E-state index in [0.29, 0.717) is 40.6 Å². The second kappa shape index (κ2) is 9.11. The number of benzene rings is 2. The largest absolute Gasteiger partial charge is 0.455 e. The molecule has 0 fully saturated rings. The number of amides is 2. The molecule has 2 heterocycles. The number of rotatable bonds is 4. The van der Waals surface area contributed by atoms with Crippen molar-refractivity contribution in [3.8, 4) is 0 Å². The maximum absolute atomic E-state index is 12.9. The van der Waals surface area contributed by atoms with E-state index in [9.17, 15) is 9.59 Å². The summed E-state index contributed by atoms with van der Waals surface area (Å²) in [5.74, 6) is 0.110. The van der Waals surface area contributed by atoms with Gasteiger partial charge in [-0.3, -0.25) is 9.59 Å².